The Kier molecular flexibility index (Phi) is 3.14. The Bertz CT molecular complexity index is 281. The molecule has 0 radical (unpaired) electrons. The number of methoxy groups -OCH3 is 2. The molecule has 1 amide bonds. The lowest BCUT2D eigenvalue weighted by atomic mass is 10.3. The maximum Gasteiger partial charge on any atom is 0.411 e. The van der Waals surface area contributed by atoms with Gasteiger partial charge in [0.05, 0.1) is 14.2 Å². The van der Waals surface area contributed by atoms with Crippen LogP contribution in [0.2, 0.25) is 0 Å². The number of benzene rings is 1. The average Bonchev–Trinajstić information content (AvgIpc) is 2.19. The molecule has 1 aromatic carbocycles. The second kappa shape index (κ2) is 4.35. The second-order valence-electron chi connectivity index (χ2n) is 2.35. The Morgan fingerprint density at radius 1 is 1.23 bits per heavy atom. The highest BCUT2D eigenvalue weighted by atomic mass is 16.5. The number of carbonyl (C=O) groups is 1. The normalized spacial score (nSPS) is 9.08. The van der Waals surface area contributed by atoms with Gasteiger partial charge in [-0.3, -0.25) is 5.32 Å². The lowest BCUT2D eigenvalue weighted by Gasteiger charge is -2.04. The van der Waals surface area contributed by atoms with Crippen LogP contribution in [0.3, 0.4) is 0 Å². The van der Waals surface area contributed by atoms with Gasteiger partial charge < -0.3 is 9.47 Å². The van der Waals surface area contributed by atoms with Crippen molar-refractivity contribution in [3.63, 3.8) is 0 Å². The SMILES string of the molecule is COC(=O)Nc1ccc(OC)cc1. The Balaban J connectivity index is 2.64. The molecule has 0 unspecified atom stereocenters. The molecule has 0 saturated heterocycles. The van der Waals surface area contributed by atoms with E-state index in [2.05, 4.69) is 10.1 Å². The largest absolute Gasteiger partial charge is 0.497 e. The average molecular weight is 181 g/mol. The van der Waals surface area contributed by atoms with Gasteiger partial charge >= 0.3 is 6.09 Å². The Hall–Kier alpha value is -1.71. The van der Waals surface area contributed by atoms with Crippen LogP contribution in [-0.2, 0) is 4.74 Å². The van der Waals surface area contributed by atoms with Crippen molar-refractivity contribution in [3.8, 4) is 5.75 Å². The summed E-state index contributed by atoms with van der Waals surface area (Å²) in [5.74, 6) is 0.746. The van der Waals surface area contributed by atoms with Crippen molar-refractivity contribution in [3.05, 3.63) is 24.3 Å². The molecule has 0 aliphatic carbocycles. The van der Waals surface area contributed by atoms with Crippen LogP contribution in [0.1, 0.15) is 0 Å². The number of amides is 1. The molecule has 0 fully saturated rings. The van der Waals surface area contributed by atoms with Crippen LogP contribution in [0.5, 0.6) is 5.75 Å². The molecule has 4 heteroatoms. The van der Waals surface area contributed by atoms with E-state index in [1.54, 1.807) is 31.4 Å². The molecule has 4 nitrogen and oxygen atoms in total. The number of nitrogens with one attached hydrogen (secondary N) is 1. The quantitative estimate of drug-likeness (QED) is 0.757. The molecular weight excluding hydrogens is 170 g/mol. The summed E-state index contributed by atoms with van der Waals surface area (Å²) in [4.78, 5) is 10.8. The van der Waals surface area contributed by atoms with Gasteiger partial charge in [0.15, 0.2) is 0 Å². The smallest absolute Gasteiger partial charge is 0.411 e. The summed E-state index contributed by atoms with van der Waals surface area (Å²) in [6.45, 7) is 0. The molecule has 0 saturated carbocycles. The number of hydrogen-bond acceptors (Lipinski definition) is 3. The Morgan fingerprint density at radius 3 is 2.31 bits per heavy atom. The fourth-order valence-corrected chi connectivity index (χ4v) is 0.843. The van der Waals surface area contributed by atoms with Gasteiger partial charge in [-0.05, 0) is 24.3 Å². The fraction of sp³-hybridized carbons (Fsp3) is 0.222. The van der Waals surface area contributed by atoms with E-state index in [4.69, 9.17) is 4.74 Å². The third-order valence-corrected chi connectivity index (χ3v) is 1.52. The molecule has 0 aliphatic rings. The molecule has 1 aromatic rings. The zero-order chi connectivity index (χ0) is 9.68. The van der Waals surface area contributed by atoms with E-state index in [9.17, 15) is 4.79 Å². The Morgan fingerprint density at radius 2 is 1.85 bits per heavy atom. The molecule has 0 aliphatic heterocycles. The standard InChI is InChI=1S/C9H11NO3/c1-12-8-5-3-7(4-6-8)10-9(11)13-2/h3-6H,1-2H3,(H,10,11). The topological polar surface area (TPSA) is 47.6 Å². The first-order valence-electron chi connectivity index (χ1n) is 3.75. The van der Waals surface area contributed by atoms with Crippen molar-refractivity contribution in [1.82, 2.24) is 0 Å². The maximum absolute atomic E-state index is 10.8. The van der Waals surface area contributed by atoms with Crippen LogP contribution in [0.25, 0.3) is 0 Å². The van der Waals surface area contributed by atoms with Crippen LogP contribution in [0.4, 0.5) is 10.5 Å². The van der Waals surface area contributed by atoms with Crippen molar-refractivity contribution in [2.75, 3.05) is 19.5 Å². The van der Waals surface area contributed by atoms with Gasteiger partial charge in [-0.1, -0.05) is 0 Å². The summed E-state index contributed by atoms with van der Waals surface area (Å²) in [6, 6.07) is 6.97. The van der Waals surface area contributed by atoms with Crippen molar-refractivity contribution in [2.45, 2.75) is 0 Å². The second-order valence-corrected chi connectivity index (χ2v) is 2.35. The van der Waals surface area contributed by atoms with E-state index in [1.807, 2.05) is 0 Å². The number of ether oxygens (including phenoxy) is 2. The lowest BCUT2D eigenvalue weighted by Crippen LogP contribution is -2.10. The minimum absolute atomic E-state index is 0.481. The van der Waals surface area contributed by atoms with E-state index in [0.29, 0.717) is 5.69 Å². The van der Waals surface area contributed by atoms with Crippen LogP contribution >= 0.6 is 0 Å². The van der Waals surface area contributed by atoms with E-state index in [0.717, 1.165) is 5.75 Å². The minimum Gasteiger partial charge on any atom is -0.497 e. The van der Waals surface area contributed by atoms with Crippen molar-refractivity contribution >= 4 is 11.8 Å². The van der Waals surface area contributed by atoms with E-state index in [-0.39, 0.29) is 0 Å². The van der Waals surface area contributed by atoms with Gasteiger partial charge in [-0.2, -0.15) is 0 Å². The third-order valence-electron chi connectivity index (χ3n) is 1.52. The molecule has 0 atom stereocenters. The fourth-order valence-electron chi connectivity index (χ4n) is 0.843. The van der Waals surface area contributed by atoms with Gasteiger partial charge in [0.25, 0.3) is 0 Å². The lowest BCUT2D eigenvalue weighted by molar-refractivity contribution is 0.187. The van der Waals surface area contributed by atoms with E-state index in [1.165, 1.54) is 7.11 Å². The minimum atomic E-state index is -0.481. The van der Waals surface area contributed by atoms with Gasteiger partial charge in [0.2, 0.25) is 0 Å². The van der Waals surface area contributed by atoms with Gasteiger partial charge in [0, 0.05) is 5.69 Å². The first kappa shape index (κ1) is 9.38. The number of anilines is 1. The van der Waals surface area contributed by atoms with Crippen molar-refractivity contribution in [2.24, 2.45) is 0 Å². The highest BCUT2D eigenvalue weighted by Crippen LogP contribution is 2.14. The summed E-state index contributed by atoms with van der Waals surface area (Å²) in [6.07, 6.45) is -0.481. The monoisotopic (exact) mass is 181 g/mol. The summed E-state index contributed by atoms with van der Waals surface area (Å²) in [7, 11) is 2.90. The zero-order valence-corrected chi connectivity index (χ0v) is 7.53. The molecular formula is C9H11NO3. The molecule has 0 heterocycles. The predicted molar refractivity (Wildman–Crippen MR) is 49.0 cm³/mol. The van der Waals surface area contributed by atoms with Gasteiger partial charge in [-0.25, -0.2) is 4.79 Å². The van der Waals surface area contributed by atoms with Crippen molar-refractivity contribution in [1.29, 1.82) is 0 Å². The van der Waals surface area contributed by atoms with Crippen LogP contribution < -0.4 is 10.1 Å². The van der Waals surface area contributed by atoms with Crippen LogP contribution in [0.15, 0.2) is 24.3 Å². The number of carbonyl (C=O) groups excluding carboxylic acids is 1. The van der Waals surface area contributed by atoms with E-state index >= 15 is 0 Å². The predicted octanol–water partition coefficient (Wildman–Crippen LogP) is 1.87. The third kappa shape index (κ3) is 2.66. The summed E-state index contributed by atoms with van der Waals surface area (Å²) < 4.78 is 9.39. The molecule has 1 rings (SSSR count). The van der Waals surface area contributed by atoms with E-state index < -0.39 is 6.09 Å². The summed E-state index contributed by atoms with van der Waals surface area (Å²) in [5.41, 5.74) is 0.674. The highest BCUT2D eigenvalue weighted by Gasteiger charge is 1.99. The number of hydrogen-bond donors (Lipinski definition) is 1. The van der Waals surface area contributed by atoms with Gasteiger partial charge in [-0.15, -0.1) is 0 Å². The summed E-state index contributed by atoms with van der Waals surface area (Å²) >= 11 is 0. The maximum atomic E-state index is 10.8. The molecule has 0 aromatic heterocycles. The Labute approximate surface area is 76.5 Å². The van der Waals surface area contributed by atoms with Crippen molar-refractivity contribution < 1.29 is 14.3 Å². The first-order chi connectivity index (χ1) is 6.26. The van der Waals surface area contributed by atoms with Gasteiger partial charge in [0.1, 0.15) is 5.75 Å². The highest BCUT2D eigenvalue weighted by molar-refractivity contribution is 5.84. The summed E-state index contributed by atoms with van der Waals surface area (Å²) in [5, 5.41) is 2.53. The van der Waals surface area contributed by atoms with Crippen LogP contribution in [0, 0.1) is 0 Å². The molecule has 0 spiro atoms. The molecule has 1 N–H and O–H groups in total. The molecule has 70 valence electrons. The number of rotatable bonds is 2. The molecule has 0 bridgehead atoms. The van der Waals surface area contributed by atoms with Crippen LogP contribution in [-0.4, -0.2) is 20.3 Å². The first-order valence-corrected chi connectivity index (χ1v) is 3.75. The molecule has 13 heavy (non-hydrogen) atoms. The zero-order valence-electron chi connectivity index (χ0n) is 7.53.